The van der Waals surface area contributed by atoms with Crippen LogP contribution in [0.25, 0.3) is 0 Å². The quantitative estimate of drug-likeness (QED) is 0.510. The number of hydrogen-bond acceptors (Lipinski definition) is 3. The highest BCUT2D eigenvalue weighted by Crippen LogP contribution is 2.38. The molecule has 1 saturated heterocycles. The van der Waals surface area contributed by atoms with E-state index in [2.05, 4.69) is 0 Å². The predicted octanol–water partition coefficient (Wildman–Crippen LogP) is 5.32. The second-order valence-electron chi connectivity index (χ2n) is 9.24. The number of carboxylic acid groups (broad SMARTS) is 1. The fourth-order valence-electron chi connectivity index (χ4n) is 4.77. The molecule has 0 bridgehead atoms. The number of carbonyl (C=O) groups excluding carboxylic acids is 1. The fraction of sp³-hybridized carbons (Fsp3) is 0.440. The number of aliphatic carboxylic acids is 1. The monoisotopic (exact) mass is 534 g/mol. The van der Waals surface area contributed by atoms with Gasteiger partial charge in [-0.2, -0.15) is 26.3 Å². The van der Waals surface area contributed by atoms with E-state index < -0.39 is 59.6 Å². The molecule has 0 saturated carbocycles. The summed E-state index contributed by atoms with van der Waals surface area (Å²) >= 11 is 0. The summed E-state index contributed by atoms with van der Waals surface area (Å²) in [7, 11) is 1.29. The van der Waals surface area contributed by atoms with Crippen LogP contribution < -0.4 is 0 Å². The Morgan fingerprint density at radius 2 is 1.62 bits per heavy atom. The van der Waals surface area contributed by atoms with Crippen LogP contribution in [0.5, 0.6) is 0 Å². The van der Waals surface area contributed by atoms with E-state index in [0.29, 0.717) is 23.3 Å². The second kappa shape index (κ2) is 10.7. The van der Waals surface area contributed by atoms with Gasteiger partial charge in [-0.1, -0.05) is 6.07 Å². The van der Waals surface area contributed by atoms with Crippen LogP contribution in [0, 0.1) is 18.7 Å². The molecule has 12 heteroatoms. The predicted molar refractivity (Wildman–Crippen MR) is 119 cm³/mol. The average molecular weight is 534 g/mol. The summed E-state index contributed by atoms with van der Waals surface area (Å²) in [5, 5.41) is 9.17. The van der Waals surface area contributed by atoms with Crippen LogP contribution in [0.1, 0.15) is 40.2 Å². The molecule has 1 aliphatic rings. The van der Waals surface area contributed by atoms with Gasteiger partial charge >= 0.3 is 18.3 Å². The SMILES string of the molecule is Cc1cc(F)ccc1C1CN(CC(=O)O)CCC1C(=O)N(C)Cc1cc(C(F)(F)F)cc(C(F)(F)F)c1. The van der Waals surface area contributed by atoms with Crippen molar-refractivity contribution in [3.8, 4) is 0 Å². The van der Waals surface area contributed by atoms with Crippen LogP contribution in [0.3, 0.4) is 0 Å². The average Bonchev–Trinajstić information content (AvgIpc) is 2.77. The minimum absolute atomic E-state index is 0.0246. The Labute approximate surface area is 208 Å². The van der Waals surface area contributed by atoms with Crippen molar-refractivity contribution in [1.29, 1.82) is 0 Å². The largest absolute Gasteiger partial charge is 0.480 e. The van der Waals surface area contributed by atoms with Gasteiger partial charge in [-0.25, -0.2) is 4.39 Å². The lowest BCUT2D eigenvalue weighted by Gasteiger charge is -2.39. The van der Waals surface area contributed by atoms with E-state index in [4.69, 9.17) is 0 Å². The van der Waals surface area contributed by atoms with E-state index in [9.17, 15) is 45.4 Å². The lowest BCUT2D eigenvalue weighted by Crippen LogP contribution is -2.47. The molecular formula is C25H25F7N2O3. The van der Waals surface area contributed by atoms with Gasteiger partial charge in [0, 0.05) is 32.0 Å². The molecule has 2 atom stereocenters. The van der Waals surface area contributed by atoms with Crippen molar-refractivity contribution >= 4 is 11.9 Å². The molecule has 1 amide bonds. The number of carboxylic acids is 1. The van der Waals surface area contributed by atoms with Crippen molar-refractivity contribution in [2.75, 3.05) is 26.7 Å². The highest BCUT2D eigenvalue weighted by atomic mass is 19.4. The topological polar surface area (TPSA) is 60.9 Å². The molecular weight excluding hydrogens is 509 g/mol. The van der Waals surface area contributed by atoms with Crippen molar-refractivity contribution in [2.24, 2.45) is 5.92 Å². The number of hydrogen-bond donors (Lipinski definition) is 1. The summed E-state index contributed by atoms with van der Waals surface area (Å²) in [6, 6.07) is 5.17. The zero-order chi connectivity index (χ0) is 27.7. The number of benzene rings is 2. The number of nitrogens with zero attached hydrogens (tertiary/aromatic N) is 2. The highest BCUT2D eigenvalue weighted by Gasteiger charge is 2.39. The maximum absolute atomic E-state index is 13.7. The molecule has 2 aromatic carbocycles. The Bertz CT molecular complexity index is 1130. The smallest absolute Gasteiger partial charge is 0.416 e. The van der Waals surface area contributed by atoms with Gasteiger partial charge in [0.25, 0.3) is 0 Å². The summed E-state index contributed by atoms with van der Waals surface area (Å²) in [5.41, 5.74) is -2.13. The van der Waals surface area contributed by atoms with Crippen molar-refractivity contribution in [3.63, 3.8) is 0 Å². The third-order valence-corrected chi connectivity index (χ3v) is 6.45. The standard InChI is InChI=1S/C25H25F7N2O3/c1-14-7-18(26)3-4-19(14)21-12-34(13-22(35)36)6-5-20(21)23(37)33(2)11-15-8-16(24(27,28)29)10-17(9-15)25(30,31)32/h3-4,7-10,20-21H,5-6,11-13H2,1-2H3,(H,35,36). The Balaban J connectivity index is 1.91. The van der Waals surface area contributed by atoms with E-state index in [-0.39, 0.29) is 37.7 Å². The molecule has 0 radical (unpaired) electrons. The number of amides is 1. The summed E-state index contributed by atoms with van der Waals surface area (Å²) in [5.74, 6) is -3.39. The van der Waals surface area contributed by atoms with Crippen molar-refractivity contribution < 1.29 is 45.4 Å². The van der Waals surface area contributed by atoms with Gasteiger partial charge in [-0.05, 0) is 66.9 Å². The highest BCUT2D eigenvalue weighted by molar-refractivity contribution is 5.80. The number of rotatable bonds is 6. The Kier molecular flexibility index (Phi) is 8.21. The Morgan fingerprint density at radius 3 is 2.14 bits per heavy atom. The molecule has 37 heavy (non-hydrogen) atoms. The van der Waals surface area contributed by atoms with E-state index in [1.807, 2.05) is 0 Å². The normalized spacial score (nSPS) is 19.1. The van der Waals surface area contributed by atoms with Gasteiger partial charge in [0.2, 0.25) is 5.91 Å². The second-order valence-corrected chi connectivity index (χ2v) is 9.24. The molecule has 202 valence electrons. The maximum atomic E-state index is 13.7. The molecule has 0 aromatic heterocycles. The Morgan fingerprint density at radius 1 is 1.03 bits per heavy atom. The molecule has 3 rings (SSSR count). The minimum atomic E-state index is -5.01. The van der Waals surface area contributed by atoms with Gasteiger partial charge in [0.05, 0.1) is 17.7 Å². The van der Waals surface area contributed by atoms with E-state index in [0.717, 1.165) is 4.90 Å². The van der Waals surface area contributed by atoms with E-state index in [1.54, 1.807) is 11.8 Å². The van der Waals surface area contributed by atoms with E-state index >= 15 is 0 Å². The van der Waals surface area contributed by atoms with Gasteiger partial charge < -0.3 is 10.0 Å². The number of carbonyl (C=O) groups is 2. The van der Waals surface area contributed by atoms with Crippen LogP contribution in [-0.2, 0) is 28.5 Å². The van der Waals surface area contributed by atoms with E-state index in [1.165, 1.54) is 25.2 Å². The van der Waals surface area contributed by atoms with Crippen molar-refractivity contribution in [2.45, 2.75) is 38.2 Å². The zero-order valence-electron chi connectivity index (χ0n) is 20.0. The van der Waals surface area contributed by atoms with Gasteiger partial charge in [0.15, 0.2) is 0 Å². The first-order valence-corrected chi connectivity index (χ1v) is 11.3. The van der Waals surface area contributed by atoms with Crippen LogP contribution in [0.4, 0.5) is 30.7 Å². The first-order chi connectivity index (χ1) is 17.1. The number of likely N-dealkylation sites (tertiary alicyclic amines) is 1. The number of piperidine rings is 1. The third kappa shape index (κ3) is 7.00. The molecule has 1 fully saturated rings. The van der Waals surface area contributed by atoms with Gasteiger partial charge in [-0.3, -0.25) is 14.5 Å². The molecule has 5 nitrogen and oxygen atoms in total. The Hall–Kier alpha value is -3.15. The molecule has 0 aliphatic carbocycles. The summed E-state index contributed by atoms with van der Waals surface area (Å²) in [6.45, 7) is 1.26. The van der Waals surface area contributed by atoms with Crippen LogP contribution in [0.15, 0.2) is 36.4 Å². The zero-order valence-corrected chi connectivity index (χ0v) is 20.0. The van der Waals surface area contributed by atoms with Crippen molar-refractivity contribution in [1.82, 2.24) is 9.80 Å². The lowest BCUT2D eigenvalue weighted by atomic mass is 9.78. The molecule has 2 unspecified atom stereocenters. The summed E-state index contributed by atoms with van der Waals surface area (Å²) in [4.78, 5) is 27.3. The first-order valence-electron chi connectivity index (χ1n) is 11.3. The lowest BCUT2D eigenvalue weighted by molar-refractivity contribution is -0.143. The van der Waals surface area contributed by atoms with Crippen molar-refractivity contribution in [3.05, 3.63) is 70.0 Å². The minimum Gasteiger partial charge on any atom is -0.480 e. The maximum Gasteiger partial charge on any atom is 0.416 e. The fourth-order valence-corrected chi connectivity index (χ4v) is 4.77. The van der Waals surface area contributed by atoms with Crippen LogP contribution >= 0.6 is 0 Å². The first kappa shape index (κ1) is 28.4. The molecule has 1 N–H and O–H groups in total. The number of alkyl halides is 6. The van der Waals surface area contributed by atoms with Crippen LogP contribution in [0.2, 0.25) is 0 Å². The molecule has 1 aliphatic heterocycles. The number of halogens is 7. The molecule has 1 heterocycles. The molecule has 0 spiro atoms. The van der Waals surface area contributed by atoms with Crippen LogP contribution in [-0.4, -0.2) is 53.5 Å². The summed E-state index contributed by atoms with van der Waals surface area (Å²) < 4.78 is 93.1. The summed E-state index contributed by atoms with van der Waals surface area (Å²) in [6.07, 6.45) is -9.82. The molecule has 2 aromatic rings. The van der Waals surface area contributed by atoms with Gasteiger partial charge in [0.1, 0.15) is 5.82 Å². The third-order valence-electron chi connectivity index (χ3n) is 6.45. The van der Waals surface area contributed by atoms with Gasteiger partial charge in [-0.15, -0.1) is 0 Å². The number of aryl methyl sites for hydroxylation is 1.